The molecular formula is C15H25NO. The molecule has 0 bridgehead atoms. The molecule has 0 aromatic heterocycles. The van der Waals surface area contributed by atoms with E-state index in [2.05, 4.69) is 49.5 Å². The van der Waals surface area contributed by atoms with Gasteiger partial charge in [-0.15, -0.1) is 0 Å². The van der Waals surface area contributed by atoms with Gasteiger partial charge in [0.25, 0.3) is 0 Å². The van der Waals surface area contributed by atoms with Crippen molar-refractivity contribution in [2.45, 2.75) is 45.3 Å². The fraction of sp³-hybridized carbons (Fsp3) is 0.600. The van der Waals surface area contributed by atoms with Crippen LogP contribution in [0.4, 0.5) is 0 Å². The van der Waals surface area contributed by atoms with Crippen molar-refractivity contribution in [3.8, 4) is 0 Å². The van der Waals surface area contributed by atoms with E-state index in [0.717, 1.165) is 19.4 Å². The number of nitrogens with one attached hydrogen (secondary N) is 1. The highest BCUT2D eigenvalue weighted by Crippen LogP contribution is 2.19. The second-order valence-corrected chi connectivity index (χ2v) is 4.54. The molecule has 0 fully saturated rings. The molecule has 2 unspecified atom stereocenters. The lowest BCUT2D eigenvalue weighted by molar-refractivity contribution is 0.106. The first-order valence-electron chi connectivity index (χ1n) is 6.59. The lowest BCUT2D eigenvalue weighted by Gasteiger charge is -2.20. The third-order valence-corrected chi connectivity index (χ3v) is 3.11. The van der Waals surface area contributed by atoms with Crippen molar-refractivity contribution in [2.24, 2.45) is 0 Å². The second-order valence-electron chi connectivity index (χ2n) is 4.54. The molecule has 2 nitrogen and oxygen atoms in total. The monoisotopic (exact) mass is 235 g/mol. The lowest BCUT2D eigenvalue weighted by atomic mass is 10.0. The molecule has 0 aliphatic heterocycles. The van der Waals surface area contributed by atoms with E-state index in [-0.39, 0.29) is 0 Å². The van der Waals surface area contributed by atoms with Crippen molar-refractivity contribution in [2.75, 3.05) is 13.7 Å². The Balaban J connectivity index is 2.54. The highest BCUT2D eigenvalue weighted by Gasteiger charge is 2.11. The van der Waals surface area contributed by atoms with Crippen LogP contribution in [0.2, 0.25) is 0 Å². The average Bonchev–Trinajstić information content (AvgIpc) is 2.39. The summed E-state index contributed by atoms with van der Waals surface area (Å²) in [7, 11) is 1.78. The van der Waals surface area contributed by atoms with E-state index in [1.807, 2.05) is 0 Å². The van der Waals surface area contributed by atoms with E-state index < -0.39 is 0 Å². The molecule has 17 heavy (non-hydrogen) atoms. The smallest absolute Gasteiger partial charge is 0.0543 e. The third-order valence-electron chi connectivity index (χ3n) is 3.11. The van der Waals surface area contributed by atoms with Gasteiger partial charge in [-0.3, -0.25) is 0 Å². The van der Waals surface area contributed by atoms with Gasteiger partial charge in [-0.05, 0) is 38.3 Å². The minimum atomic E-state index is 0.338. The predicted molar refractivity (Wildman–Crippen MR) is 73.2 cm³/mol. The number of rotatable bonds is 8. The summed E-state index contributed by atoms with van der Waals surface area (Å²) in [6.07, 6.45) is 3.72. The highest BCUT2D eigenvalue weighted by molar-refractivity contribution is 5.18. The Labute approximate surface area is 105 Å². The van der Waals surface area contributed by atoms with E-state index in [4.69, 9.17) is 4.74 Å². The van der Waals surface area contributed by atoms with E-state index in [1.165, 1.54) is 12.0 Å². The lowest BCUT2D eigenvalue weighted by Crippen LogP contribution is -2.23. The normalized spacial score (nSPS) is 14.5. The first kappa shape index (κ1) is 14.2. The van der Waals surface area contributed by atoms with Crippen LogP contribution in [-0.4, -0.2) is 19.8 Å². The third kappa shape index (κ3) is 5.33. The molecule has 0 saturated heterocycles. The Bertz CT molecular complexity index is 286. The highest BCUT2D eigenvalue weighted by atomic mass is 16.5. The van der Waals surface area contributed by atoms with Crippen LogP contribution in [0.5, 0.6) is 0 Å². The van der Waals surface area contributed by atoms with Crippen LogP contribution in [0.3, 0.4) is 0 Å². The molecule has 0 radical (unpaired) electrons. The molecule has 1 N–H and O–H groups in total. The number of hydrogen-bond acceptors (Lipinski definition) is 2. The summed E-state index contributed by atoms with van der Waals surface area (Å²) in [6, 6.07) is 11.1. The van der Waals surface area contributed by atoms with E-state index in [1.54, 1.807) is 7.11 Å². The van der Waals surface area contributed by atoms with Crippen molar-refractivity contribution >= 4 is 0 Å². The maximum atomic E-state index is 5.31. The van der Waals surface area contributed by atoms with E-state index in [0.29, 0.717) is 12.1 Å². The molecule has 0 saturated carbocycles. The molecule has 1 aromatic rings. The Morgan fingerprint density at radius 3 is 2.47 bits per heavy atom. The van der Waals surface area contributed by atoms with Gasteiger partial charge in [-0.25, -0.2) is 0 Å². The Hall–Kier alpha value is -0.860. The number of hydrogen-bond donors (Lipinski definition) is 1. The van der Waals surface area contributed by atoms with Crippen LogP contribution in [0.15, 0.2) is 30.3 Å². The van der Waals surface area contributed by atoms with Gasteiger partial charge in [0.1, 0.15) is 0 Å². The maximum absolute atomic E-state index is 5.31. The topological polar surface area (TPSA) is 21.3 Å². The van der Waals surface area contributed by atoms with Crippen LogP contribution in [0.25, 0.3) is 0 Å². The minimum Gasteiger partial charge on any atom is -0.382 e. The molecule has 2 atom stereocenters. The maximum Gasteiger partial charge on any atom is 0.0543 e. The van der Waals surface area contributed by atoms with Crippen molar-refractivity contribution in [3.05, 3.63) is 35.9 Å². The molecule has 2 heteroatoms. The quantitative estimate of drug-likeness (QED) is 0.744. The standard InChI is InChI=1S/C15H25NO/c1-4-12-16-15(11-10-13(2)17-3)14-8-6-5-7-9-14/h5-9,13,15-16H,4,10-12H2,1-3H3. The summed E-state index contributed by atoms with van der Waals surface area (Å²) in [5.41, 5.74) is 1.38. The molecule has 96 valence electrons. The van der Waals surface area contributed by atoms with Crippen LogP contribution >= 0.6 is 0 Å². The van der Waals surface area contributed by atoms with Gasteiger partial charge < -0.3 is 10.1 Å². The molecule has 0 spiro atoms. The Morgan fingerprint density at radius 1 is 1.18 bits per heavy atom. The van der Waals surface area contributed by atoms with E-state index >= 15 is 0 Å². The summed E-state index contributed by atoms with van der Waals surface area (Å²) >= 11 is 0. The molecule has 0 amide bonds. The van der Waals surface area contributed by atoms with Crippen LogP contribution in [-0.2, 0) is 4.74 Å². The molecule has 0 heterocycles. The fourth-order valence-corrected chi connectivity index (χ4v) is 1.91. The molecule has 0 aliphatic rings. The number of methoxy groups -OCH3 is 1. The first-order valence-corrected chi connectivity index (χ1v) is 6.59. The number of benzene rings is 1. The van der Waals surface area contributed by atoms with Crippen LogP contribution < -0.4 is 5.32 Å². The van der Waals surface area contributed by atoms with Gasteiger partial charge in [-0.2, -0.15) is 0 Å². The molecule has 0 aliphatic carbocycles. The summed E-state index contributed by atoms with van der Waals surface area (Å²) in [5.74, 6) is 0. The summed E-state index contributed by atoms with van der Waals surface area (Å²) in [6.45, 7) is 5.40. The number of ether oxygens (including phenoxy) is 1. The van der Waals surface area contributed by atoms with Gasteiger partial charge in [-0.1, -0.05) is 37.3 Å². The van der Waals surface area contributed by atoms with Crippen LogP contribution in [0.1, 0.15) is 44.7 Å². The first-order chi connectivity index (χ1) is 8.27. The van der Waals surface area contributed by atoms with Gasteiger partial charge in [0.2, 0.25) is 0 Å². The summed E-state index contributed by atoms with van der Waals surface area (Å²) < 4.78 is 5.31. The SMILES string of the molecule is CCCNC(CCC(C)OC)c1ccccc1. The predicted octanol–water partition coefficient (Wildman–Crippen LogP) is 3.54. The largest absolute Gasteiger partial charge is 0.382 e. The Kier molecular flexibility index (Phi) is 6.90. The van der Waals surface area contributed by atoms with Gasteiger partial charge in [0.05, 0.1) is 6.10 Å². The second kappa shape index (κ2) is 8.26. The molecule has 1 rings (SSSR count). The summed E-state index contributed by atoms with van der Waals surface area (Å²) in [4.78, 5) is 0. The van der Waals surface area contributed by atoms with Gasteiger partial charge >= 0.3 is 0 Å². The van der Waals surface area contributed by atoms with Gasteiger partial charge in [0, 0.05) is 13.2 Å². The molecule has 1 aromatic carbocycles. The van der Waals surface area contributed by atoms with Crippen LogP contribution in [0, 0.1) is 0 Å². The zero-order valence-corrected chi connectivity index (χ0v) is 11.3. The molecular weight excluding hydrogens is 210 g/mol. The zero-order valence-electron chi connectivity index (χ0n) is 11.3. The zero-order chi connectivity index (χ0) is 12.5. The average molecular weight is 235 g/mol. The fourth-order valence-electron chi connectivity index (χ4n) is 1.91. The van der Waals surface area contributed by atoms with Gasteiger partial charge in [0.15, 0.2) is 0 Å². The van der Waals surface area contributed by atoms with Crippen molar-refractivity contribution in [1.82, 2.24) is 5.32 Å². The van der Waals surface area contributed by atoms with Crippen molar-refractivity contribution in [1.29, 1.82) is 0 Å². The van der Waals surface area contributed by atoms with E-state index in [9.17, 15) is 0 Å². The Morgan fingerprint density at radius 2 is 1.88 bits per heavy atom. The van der Waals surface area contributed by atoms with Crippen molar-refractivity contribution in [3.63, 3.8) is 0 Å². The van der Waals surface area contributed by atoms with Crippen molar-refractivity contribution < 1.29 is 4.74 Å². The minimum absolute atomic E-state index is 0.338. The summed E-state index contributed by atoms with van der Waals surface area (Å²) in [5, 5.41) is 3.61.